The predicted molar refractivity (Wildman–Crippen MR) is 38.8 cm³/mol. The summed E-state index contributed by atoms with van der Waals surface area (Å²) in [4.78, 5) is 20.7. The topological polar surface area (TPSA) is 81.4 Å². The number of primary amides is 1. The van der Waals surface area contributed by atoms with E-state index < -0.39 is 12.0 Å². The molecular weight excluding hydrogens is 148 g/mol. The summed E-state index contributed by atoms with van der Waals surface area (Å²) in [6.45, 7) is 2.10. The lowest BCUT2D eigenvalue weighted by Gasteiger charge is -2.01. The van der Waals surface area contributed by atoms with Crippen LogP contribution in [0.2, 0.25) is 0 Å². The number of rotatable bonds is 4. The van der Waals surface area contributed by atoms with Crippen molar-refractivity contribution in [1.82, 2.24) is 5.32 Å². The van der Waals surface area contributed by atoms with Gasteiger partial charge in [-0.25, -0.2) is 4.79 Å². The molecule has 0 saturated heterocycles. The fourth-order valence-corrected chi connectivity index (χ4v) is 0.426. The van der Waals surface area contributed by atoms with Crippen LogP contribution >= 0.6 is 0 Å². The second kappa shape index (κ2) is 5.52. The van der Waals surface area contributed by atoms with E-state index in [4.69, 9.17) is 5.73 Å². The maximum atomic E-state index is 10.6. The van der Waals surface area contributed by atoms with Gasteiger partial charge in [0, 0.05) is 0 Å². The quantitative estimate of drug-likeness (QED) is 0.549. The Morgan fingerprint density at radius 3 is 2.64 bits per heavy atom. The molecule has 0 aliphatic rings. The minimum Gasteiger partial charge on any atom is -0.464 e. The van der Waals surface area contributed by atoms with Crippen LogP contribution < -0.4 is 11.1 Å². The van der Waals surface area contributed by atoms with E-state index in [-0.39, 0.29) is 6.54 Å². The molecule has 0 spiro atoms. The van der Waals surface area contributed by atoms with E-state index in [9.17, 15) is 9.59 Å². The summed E-state index contributed by atoms with van der Waals surface area (Å²) >= 11 is 0. The molecule has 0 saturated carbocycles. The van der Waals surface area contributed by atoms with E-state index in [0.717, 1.165) is 6.42 Å². The van der Waals surface area contributed by atoms with Crippen molar-refractivity contribution >= 4 is 12.0 Å². The van der Waals surface area contributed by atoms with Crippen molar-refractivity contribution in [3.63, 3.8) is 0 Å². The second-order valence-corrected chi connectivity index (χ2v) is 1.94. The summed E-state index contributed by atoms with van der Waals surface area (Å²) in [5.74, 6) is -0.467. The number of urea groups is 1. The lowest BCUT2D eigenvalue weighted by molar-refractivity contribution is -0.142. The highest BCUT2D eigenvalue weighted by Gasteiger charge is 2.01. The Balaban J connectivity index is 3.30. The molecule has 0 bridgehead atoms. The molecule has 2 amide bonds. The van der Waals surface area contributed by atoms with Gasteiger partial charge in [-0.15, -0.1) is 0 Å². The highest BCUT2D eigenvalue weighted by molar-refractivity contribution is 5.79. The Labute approximate surface area is 64.9 Å². The third kappa shape index (κ3) is 6.63. The number of carbonyl (C=O) groups excluding carboxylic acids is 2. The molecule has 0 aromatic heterocycles. The van der Waals surface area contributed by atoms with Crippen LogP contribution in [-0.4, -0.2) is 25.2 Å². The summed E-state index contributed by atoms with van der Waals surface area (Å²) < 4.78 is 4.63. The van der Waals surface area contributed by atoms with Gasteiger partial charge in [0.15, 0.2) is 0 Å². The van der Waals surface area contributed by atoms with Crippen molar-refractivity contribution in [3.8, 4) is 0 Å². The fourth-order valence-electron chi connectivity index (χ4n) is 0.426. The van der Waals surface area contributed by atoms with Crippen LogP contribution in [0.5, 0.6) is 0 Å². The summed E-state index contributed by atoms with van der Waals surface area (Å²) in [5.41, 5.74) is 4.71. The molecular formula is C6H12N2O3. The number of ether oxygens (including phenoxy) is 1. The van der Waals surface area contributed by atoms with Gasteiger partial charge in [-0.2, -0.15) is 0 Å². The number of hydrogen-bond acceptors (Lipinski definition) is 3. The van der Waals surface area contributed by atoms with Crippen molar-refractivity contribution in [2.45, 2.75) is 13.3 Å². The Morgan fingerprint density at radius 2 is 2.18 bits per heavy atom. The van der Waals surface area contributed by atoms with Gasteiger partial charge >= 0.3 is 12.0 Å². The lowest BCUT2D eigenvalue weighted by Crippen LogP contribution is -2.34. The molecule has 0 aliphatic carbocycles. The molecule has 0 aliphatic heterocycles. The Morgan fingerprint density at radius 1 is 1.55 bits per heavy atom. The van der Waals surface area contributed by atoms with Crippen molar-refractivity contribution in [2.24, 2.45) is 5.73 Å². The van der Waals surface area contributed by atoms with Gasteiger partial charge in [0.1, 0.15) is 6.54 Å². The van der Waals surface area contributed by atoms with Gasteiger partial charge in [-0.05, 0) is 6.42 Å². The molecule has 0 aromatic rings. The van der Waals surface area contributed by atoms with Crippen LogP contribution in [0, 0.1) is 0 Å². The SMILES string of the molecule is CCCOC(=O)CNC(N)=O. The highest BCUT2D eigenvalue weighted by atomic mass is 16.5. The van der Waals surface area contributed by atoms with E-state index in [1.54, 1.807) is 0 Å². The van der Waals surface area contributed by atoms with Gasteiger partial charge in [0.05, 0.1) is 6.61 Å². The third-order valence-electron chi connectivity index (χ3n) is 0.874. The van der Waals surface area contributed by atoms with Crippen molar-refractivity contribution in [3.05, 3.63) is 0 Å². The maximum absolute atomic E-state index is 10.6. The average Bonchev–Trinajstić information content (AvgIpc) is 1.97. The first-order valence-electron chi connectivity index (χ1n) is 3.35. The van der Waals surface area contributed by atoms with E-state index in [2.05, 4.69) is 10.1 Å². The zero-order chi connectivity index (χ0) is 8.69. The largest absolute Gasteiger partial charge is 0.464 e. The zero-order valence-corrected chi connectivity index (χ0v) is 6.42. The first kappa shape index (κ1) is 9.74. The van der Waals surface area contributed by atoms with E-state index in [1.165, 1.54) is 0 Å². The first-order chi connectivity index (χ1) is 5.16. The van der Waals surface area contributed by atoms with Crippen molar-refractivity contribution < 1.29 is 14.3 Å². The average molecular weight is 160 g/mol. The molecule has 0 heterocycles. The van der Waals surface area contributed by atoms with Gasteiger partial charge in [0.25, 0.3) is 0 Å². The van der Waals surface area contributed by atoms with E-state index in [0.29, 0.717) is 6.61 Å². The summed E-state index contributed by atoms with van der Waals surface area (Å²) in [6.07, 6.45) is 0.766. The van der Waals surface area contributed by atoms with Gasteiger partial charge in [-0.3, -0.25) is 4.79 Å². The molecule has 0 atom stereocenters. The normalized spacial score (nSPS) is 8.82. The molecule has 0 radical (unpaired) electrons. The van der Waals surface area contributed by atoms with Gasteiger partial charge in [-0.1, -0.05) is 6.92 Å². The van der Waals surface area contributed by atoms with Crippen LogP contribution in [0.1, 0.15) is 13.3 Å². The Hall–Kier alpha value is -1.26. The fraction of sp³-hybridized carbons (Fsp3) is 0.667. The highest BCUT2D eigenvalue weighted by Crippen LogP contribution is 1.80. The van der Waals surface area contributed by atoms with Crippen LogP contribution in [0.25, 0.3) is 0 Å². The van der Waals surface area contributed by atoms with Crippen molar-refractivity contribution in [1.29, 1.82) is 0 Å². The molecule has 0 unspecified atom stereocenters. The van der Waals surface area contributed by atoms with Crippen LogP contribution in [0.15, 0.2) is 0 Å². The molecule has 0 rings (SSSR count). The van der Waals surface area contributed by atoms with Crippen LogP contribution in [0.3, 0.4) is 0 Å². The third-order valence-corrected chi connectivity index (χ3v) is 0.874. The lowest BCUT2D eigenvalue weighted by atomic mass is 10.5. The standard InChI is InChI=1S/C6H12N2O3/c1-2-3-11-5(9)4-8-6(7)10/h2-4H2,1H3,(H3,7,8,10). The minimum atomic E-state index is -0.724. The molecule has 11 heavy (non-hydrogen) atoms. The molecule has 3 N–H and O–H groups in total. The number of nitrogens with one attached hydrogen (secondary N) is 1. The van der Waals surface area contributed by atoms with Crippen molar-refractivity contribution in [2.75, 3.05) is 13.2 Å². The predicted octanol–water partition coefficient (Wildman–Crippen LogP) is -0.392. The minimum absolute atomic E-state index is 0.157. The molecule has 0 fully saturated rings. The molecule has 5 heteroatoms. The summed E-state index contributed by atoms with van der Waals surface area (Å²) in [5, 5.41) is 2.12. The number of esters is 1. The van der Waals surface area contributed by atoms with Crippen LogP contribution in [0.4, 0.5) is 4.79 Å². The van der Waals surface area contributed by atoms with Gasteiger partial charge < -0.3 is 15.8 Å². The van der Waals surface area contributed by atoms with Crippen LogP contribution in [-0.2, 0) is 9.53 Å². The number of nitrogens with two attached hydrogens (primary N) is 1. The zero-order valence-electron chi connectivity index (χ0n) is 6.42. The summed E-state index contributed by atoms with van der Waals surface area (Å²) in [6, 6.07) is -0.724. The van der Waals surface area contributed by atoms with E-state index in [1.807, 2.05) is 6.92 Å². The maximum Gasteiger partial charge on any atom is 0.325 e. The monoisotopic (exact) mass is 160 g/mol. The molecule has 5 nitrogen and oxygen atoms in total. The number of amides is 2. The number of carbonyl (C=O) groups is 2. The van der Waals surface area contributed by atoms with E-state index >= 15 is 0 Å². The number of hydrogen-bond donors (Lipinski definition) is 2. The Kier molecular flexibility index (Phi) is 4.89. The smallest absolute Gasteiger partial charge is 0.325 e. The Bertz CT molecular complexity index is 147. The second-order valence-electron chi connectivity index (χ2n) is 1.94. The molecule has 0 aromatic carbocycles. The van der Waals surface area contributed by atoms with Gasteiger partial charge in [0.2, 0.25) is 0 Å². The molecule has 64 valence electrons. The summed E-state index contributed by atoms with van der Waals surface area (Å²) in [7, 11) is 0. The first-order valence-corrected chi connectivity index (χ1v) is 3.35.